The van der Waals surface area contributed by atoms with Gasteiger partial charge in [0.2, 0.25) is 5.82 Å². The monoisotopic (exact) mass is 434 g/mol. The summed E-state index contributed by atoms with van der Waals surface area (Å²) in [6, 6.07) is 15.1. The number of ether oxygens (including phenoxy) is 1. The van der Waals surface area contributed by atoms with Crippen LogP contribution in [0, 0.1) is 5.82 Å². The van der Waals surface area contributed by atoms with Gasteiger partial charge in [-0.15, -0.1) is 5.10 Å². The molecule has 5 rings (SSSR count). The predicted octanol–water partition coefficient (Wildman–Crippen LogP) is 2.99. The molecular weight excluding hydrogens is 415 g/mol. The van der Waals surface area contributed by atoms with E-state index in [-0.39, 0.29) is 30.3 Å². The molecule has 32 heavy (non-hydrogen) atoms. The van der Waals surface area contributed by atoms with Gasteiger partial charge in [0.15, 0.2) is 12.3 Å². The van der Waals surface area contributed by atoms with Gasteiger partial charge in [-0.25, -0.2) is 9.07 Å². The molecule has 0 bridgehead atoms. The minimum absolute atomic E-state index is 0.0115. The SMILES string of the molecule is O=C(COc1ccc(F)cc1)N1CCC(n2cc(-c3nc(-c4ccccc4)no3)nn2)C1. The summed E-state index contributed by atoms with van der Waals surface area (Å²) in [5.41, 5.74) is 1.33. The van der Waals surface area contributed by atoms with Crippen molar-refractivity contribution < 1.29 is 18.4 Å². The Hall–Kier alpha value is -4.08. The molecule has 4 aromatic rings. The lowest BCUT2D eigenvalue weighted by atomic mass is 10.2. The smallest absolute Gasteiger partial charge is 0.280 e. The van der Waals surface area contributed by atoms with Crippen LogP contribution in [0.5, 0.6) is 5.75 Å². The van der Waals surface area contributed by atoms with E-state index in [9.17, 15) is 9.18 Å². The van der Waals surface area contributed by atoms with Gasteiger partial charge in [-0.3, -0.25) is 4.79 Å². The fraction of sp³-hybridized carbons (Fsp3) is 0.227. The van der Waals surface area contributed by atoms with Crippen LogP contribution in [0.2, 0.25) is 0 Å². The summed E-state index contributed by atoms with van der Waals surface area (Å²) < 4.78 is 25.5. The number of carbonyl (C=O) groups is 1. The summed E-state index contributed by atoms with van der Waals surface area (Å²) in [5, 5.41) is 12.3. The maximum absolute atomic E-state index is 13.0. The fourth-order valence-electron chi connectivity index (χ4n) is 3.54. The van der Waals surface area contributed by atoms with Gasteiger partial charge in [0, 0.05) is 18.7 Å². The van der Waals surface area contributed by atoms with Crippen LogP contribution in [0.3, 0.4) is 0 Å². The van der Waals surface area contributed by atoms with Crippen LogP contribution in [-0.2, 0) is 4.79 Å². The van der Waals surface area contributed by atoms with Gasteiger partial charge >= 0.3 is 0 Å². The topological polar surface area (TPSA) is 99.2 Å². The fourth-order valence-corrected chi connectivity index (χ4v) is 3.54. The Bertz CT molecular complexity index is 1210. The van der Waals surface area contributed by atoms with Gasteiger partial charge in [-0.05, 0) is 30.7 Å². The molecule has 0 saturated carbocycles. The van der Waals surface area contributed by atoms with Crippen LogP contribution in [0.1, 0.15) is 12.5 Å². The molecule has 10 heteroatoms. The van der Waals surface area contributed by atoms with Crippen molar-refractivity contribution in [1.82, 2.24) is 30.0 Å². The average Bonchev–Trinajstić information content (AvgIpc) is 3.59. The van der Waals surface area contributed by atoms with E-state index in [0.29, 0.717) is 30.4 Å². The van der Waals surface area contributed by atoms with Gasteiger partial charge in [-0.1, -0.05) is 40.7 Å². The number of benzene rings is 2. The second-order valence-electron chi connectivity index (χ2n) is 7.40. The molecule has 1 atom stereocenters. The number of carbonyl (C=O) groups excluding carboxylic acids is 1. The quantitative estimate of drug-likeness (QED) is 0.460. The summed E-state index contributed by atoms with van der Waals surface area (Å²) in [7, 11) is 0. The van der Waals surface area contributed by atoms with Gasteiger partial charge < -0.3 is 14.2 Å². The summed E-state index contributed by atoms with van der Waals surface area (Å²) in [5.74, 6) is 0.727. The Morgan fingerprint density at radius 1 is 1.16 bits per heavy atom. The van der Waals surface area contributed by atoms with Crippen molar-refractivity contribution in [3.63, 3.8) is 0 Å². The average molecular weight is 434 g/mol. The normalized spacial score (nSPS) is 15.8. The molecule has 2 aromatic heterocycles. The Morgan fingerprint density at radius 3 is 2.78 bits per heavy atom. The Morgan fingerprint density at radius 2 is 1.97 bits per heavy atom. The first-order valence-corrected chi connectivity index (χ1v) is 10.1. The van der Waals surface area contributed by atoms with E-state index in [2.05, 4.69) is 20.5 Å². The predicted molar refractivity (Wildman–Crippen MR) is 111 cm³/mol. The highest BCUT2D eigenvalue weighted by atomic mass is 19.1. The molecule has 1 unspecified atom stereocenters. The first kappa shape index (κ1) is 19.9. The second-order valence-corrected chi connectivity index (χ2v) is 7.40. The van der Waals surface area contributed by atoms with E-state index in [1.54, 1.807) is 15.8 Å². The second kappa shape index (κ2) is 8.58. The molecule has 9 nitrogen and oxygen atoms in total. The number of hydrogen-bond donors (Lipinski definition) is 0. The van der Waals surface area contributed by atoms with Crippen LogP contribution in [0.25, 0.3) is 23.0 Å². The van der Waals surface area contributed by atoms with Crippen molar-refractivity contribution in [3.8, 4) is 28.7 Å². The van der Waals surface area contributed by atoms with E-state index < -0.39 is 0 Å². The minimum atomic E-state index is -0.352. The third-order valence-corrected chi connectivity index (χ3v) is 5.25. The highest BCUT2D eigenvalue weighted by Crippen LogP contribution is 2.24. The molecule has 1 amide bonds. The van der Waals surface area contributed by atoms with Crippen molar-refractivity contribution in [3.05, 3.63) is 66.6 Å². The van der Waals surface area contributed by atoms with Gasteiger partial charge in [0.1, 0.15) is 11.6 Å². The minimum Gasteiger partial charge on any atom is -0.484 e. The molecule has 0 radical (unpaired) electrons. The highest BCUT2D eigenvalue weighted by molar-refractivity contribution is 5.78. The standard InChI is InChI=1S/C22H19FN6O3/c23-16-6-8-18(9-7-16)31-14-20(30)28-11-10-17(12-28)29-13-19(25-27-29)22-24-21(26-32-22)15-4-2-1-3-5-15/h1-9,13,17H,10-12,14H2. The van der Waals surface area contributed by atoms with E-state index in [4.69, 9.17) is 9.26 Å². The maximum atomic E-state index is 13.0. The third kappa shape index (κ3) is 4.20. The summed E-state index contributed by atoms with van der Waals surface area (Å²) in [4.78, 5) is 18.6. The molecule has 162 valence electrons. The van der Waals surface area contributed by atoms with Crippen LogP contribution >= 0.6 is 0 Å². The molecular formula is C22H19FN6O3. The van der Waals surface area contributed by atoms with Crippen LogP contribution in [0.4, 0.5) is 4.39 Å². The first-order chi connectivity index (χ1) is 15.7. The van der Waals surface area contributed by atoms with E-state index in [0.717, 1.165) is 12.0 Å². The number of nitrogens with zero attached hydrogens (tertiary/aromatic N) is 6. The molecule has 0 aliphatic carbocycles. The number of halogens is 1. The number of aromatic nitrogens is 5. The Labute approximate surface area is 182 Å². The number of amides is 1. The lowest BCUT2D eigenvalue weighted by Crippen LogP contribution is -2.33. The maximum Gasteiger partial charge on any atom is 0.280 e. The van der Waals surface area contributed by atoms with Crippen LogP contribution in [-0.4, -0.2) is 55.6 Å². The number of likely N-dealkylation sites (tertiary alicyclic amines) is 1. The highest BCUT2D eigenvalue weighted by Gasteiger charge is 2.29. The van der Waals surface area contributed by atoms with Crippen LogP contribution in [0.15, 0.2) is 65.3 Å². The summed E-state index contributed by atoms with van der Waals surface area (Å²) in [6.07, 6.45) is 2.49. The van der Waals surface area contributed by atoms with Gasteiger partial charge in [0.25, 0.3) is 11.8 Å². The molecule has 1 aliphatic rings. The number of rotatable bonds is 6. The lowest BCUT2D eigenvalue weighted by Gasteiger charge is -2.16. The zero-order valence-corrected chi connectivity index (χ0v) is 17.0. The summed E-state index contributed by atoms with van der Waals surface area (Å²) >= 11 is 0. The van der Waals surface area contributed by atoms with E-state index in [1.165, 1.54) is 24.3 Å². The lowest BCUT2D eigenvalue weighted by molar-refractivity contribution is -0.132. The molecule has 1 aliphatic heterocycles. The van der Waals surface area contributed by atoms with E-state index in [1.807, 2.05) is 30.3 Å². The van der Waals surface area contributed by atoms with Crippen molar-refractivity contribution >= 4 is 5.91 Å². The van der Waals surface area contributed by atoms with Crippen molar-refractivity contribution in [2.45, 2.75) is 12.5 Å². The molecule has 1 fully saturated rings. The molecule has 0 N–H and O–H groups in total. The first-order valence-electron chi connectivity index (χ1n) is 10.1. The summed E-state index contributed by atoms with van der Waals surface area (Å²) in [6.45, 7) is 0.975. The Balaban J connectivity index is 1.19. The third-order valence-electron chi connectivity index (χ3n) is 5.25. The van der Waals surface area contributed by atoms with Crippen molar-refractivity contribution in [1.29, 1.82) is 0 Å². The van der Waals surface area contributed by atoms with Crippen molar-refractivity contribution in [2.24, 2.45) is 0 Å². The molecule has 2 aromatic carbocycles. The van der Waals surface area contributed by atoms with E-state index >= 15 is 0 Å². The molecule has 0 spiro atoms. The number of hydrogen-bond acceptors (Lipinski definition) is 7. The molecule has 3 heterocycles. The zero-order valence-electron chi connectivity index (χ0n) is 17.0. The Kier molecular flexibility index (Phi) is 5.32. The molecule has 1 saturated heterocycles. The van der Waals surface area contributed by atoms with Gasteiger partial charge in [-0.2, -0.15) is 4.98 Å². The van der Waals surface area contributed by atoms with Gasteiger partial charge in [0.05, 0.1) is 12.2 Å². The zero-order chi connectivity index (χ0) is 21.9. The van der Waals surface area contributed by atoms with Crippen LogP contribution < -0.4 is 4.74 Å². The largest absolute Gasteiger partial charge is 0.484 e. The van der Waals surface area contributed by atoms with Crippen molar-refractivity contribution in [2.75, 3.05) is 19.7 Å².